The number of rotatable bonds is 6. The molecule has 0 saturated carbocycles. The van der Waals surface area contributed by atoms with Gasteiger partial charge >= 0.3 is 6.09 Å². The number of allylic oxidation sites excluding steroid dienone is 1. The van der Waals surface area contributed by atoms with Crippen LogP contribution in [0.15, 0.2) is 12.2 Å². The molecule has 0 spiro atoms. The molecule has 0 bridgehead atoms. The van der Waals surface area contributed by atoms with Crippen LogP contribution in [0, 0.1) is 5.92 Å². The molecule has 0 radical (unpaired) electrons. The van der Waals surface area contributed by atoms with Crippen molar-refractivity contribution in [2.45, 2.75) is 59.0 Å². The number of amides is 1. The van der Waals surface area contributed by atoms with Gasteiger partial charge in [0.25, 0.3) is 0 Å². The lowest BCUT2D eigenvalue weighted by atomic mass is 9.97. The van der Waals surface area contributed by atoms with Crippen molar-refractivity contribution in [1.29, 1.82) is 0 Å². The molecule has 4 heteroatoms. The average Bonchev–Trinajstić information content (AvgIpc) is 2.41. The monoisotopic (exact) mass is 297 g/mol. The van der Waals surface area contributed by atoms with Crippen molar-refractivity contribution in [3.05, 3.63) is 12.2 Å². The van der Waals surface area contributed by atoms with E-state index in [1.807, 2.05) is 25.7 Å². The minimum Gasteiger partial charge on any atom is -0.444 e. The third-order valence-corrected chi connectivity index (χ3v) is 3.46. The van der Waals surface area contributed by atoms with Gasteiger partial charge in [-0.25, -0.2) is 4.79 Å². The average molecular weight is 297 g/mol. The van der Waals surface area contributed by atoms with E-state index in [0.29, 0.717) is 12.5 Å². The number of carbonyl (C=O) groups is 1. The van der Waals surface area contributed by atoms with E-state index in [1.54, 1.807) is 0 Å². The molecular weight excluding hydrogens is 266 g/mol. The van der Waals surface area contributed by atoms with E-state index in [1.165, 1.54) is 6.42 Å². The van der Waals surface area contributed by atoms with Crippen molar-refractivity contribution in [3.8, 4) is 0 Å². The Morgan fingerprint density at radius 3 is 2.52 bits per heavy atom. The Morgan fingerprint density at radius 2 is 1.95 bits per heavy atom. The topological polar surface area (TPSA) is 38.8 Å². The summed E-state index contributed by atoms with van der Waals surface area (Å²) in [5.74, 6) is 0.554. The van der Waals surface area contributed by atoms with E-state index in [4.69, 9.17) is 9.47 Å². The van der Waals surface area contributed by atoms with Crippen LogP contribution in [0.2, 0.25) is 0 Å². The Kier molecular flexibility index (Phi) is 7.79. The zero-order valence-electron chi connectivity index (χ0n) is 14.1. The van der Waals surface area contributed by atoms with Crippen LogP contribution in [0.25, 0.3) is 0 Å². The molecule has 1 fully saturated rings. The van der Waals surface area contributed by atoms with Crippen molar-refractivity contribution >= 4 is 6.09 Å². The van der Waals surface area contributed by atoms with E-state index < -0.39 is 5.60 Å². The fourth-order valence-corrected chi connectivity index (χ4v) is 2.25. The Labute approximate surface area is 129 Å². The highest BCUT2D eigenvalue weighted by Crippen LogP contribution is 2.20. The third kappa shape index (κ3) is 8.10. The van der Waals surface area contributed by atoms with E-state index in [2.05, 4.69) is 19.1 Å². The van der Waals surface area contributed by atoms with Gasteiger partial charge in [0, 0.05) is 19.7 Å². The lowest BCUT2D eigenvalue weighted by Crippen LogP contribution is -2.41. The molecule has 4 nitrogen and oxygen atoms in total. The third-order valence-electron chi connectivity index (χ3n) is 3.46. The van der Waals surface area contributed by atoms with Crippen molar-refractivity contribution in [1.82, 2.24) is 4.90 Å². The molecule has 21 heavy (non-hydrogen) atoms. The van der Waals surface area contributed by atoms with Crippen LogP contribution < -0.4 is 0 Å². The minimum absolute atomic E-state index is 0.187. The van der Waals surface area contributed by atoms with E-state index in [0.717, 1.165) is 39.0 Å². The molecule has 1 aliphatic heterocycles. The molecule has 0 aliphatic carbocycles. The maximum absolute atomic E-state index is 11.9. The van der Waals surface area contributed by atoms with Crippen molar-refractivity contribution in [2.24, 2.45) is 5.92 Å². The zero-order valence-corrected chi connectivity index (χ0v) is 14.1. The fourth-order valence-electron chi connectivity index (χ4n) is 2.25. The molecule has 1 saturated heterocycles. The standard InChI is InChI=1S/C17H31NO3/c1-5-6-13-20-14-7-8-15-9-11-18(12-10-15)16(19)21-17(2,3)4/h7-8,15H,5-6,9-14H2,1-4H3/b8-7+. The number of carbonyl (C=O) groups excluding carboxylic acids is 1. The first kappa shape index (κ1) is 18.0. The number of ether oxygens (including phenoxy) is 2. The Balaban J connectivity index is 2.20. The Morgan fingerprint density at radius 1 is 1.29 bits per heavy atom. The normalized spacial score (nSPS) is 17.4. The number of unbranched alkanes of at least 4 members (excludes halogenated alkanes) is 1. The van der Waals surface area contributed by atoms with Crippen molar-refractivity contribution < 1.29 is 14.3 Å². The predicted molar refractivity (Wildman–Crippen MR) is 85.4 cm³/mol. The molecule has 0 aromatic carbocycles. The maximum Gasteiger partial charge on any atom is 0.410 e. The van der Waals surface area contributed by atoms with Crippen LogP contribution in [-0.4, -0.2) is 42.9 Å². The second-order valence-electron chi connectivity index (χ2n) is 6.66. The summed E-state index contributed by atoms with van der Waals surface area (Å²) in [7, 11) is 0. The van der Waals surface area contributed by atoms with Gasteiger partial charge in [0.2, 0.25) is 0 Å². The van der Waals surface area contributed by atoms with Gasteiger partial charge < -0.3 is 14.4 Å². The van der Waals surface area contributed by atoms with E-state index >= 15 is 0 Å². The molecule has 1 amide bonds. The van der Waals surface area contributed by atoms with Crippen molar-refractivity contribution in [2.75, 3.05) is 26.3 Å². The number of hydrogen-bond donors (Lipinski definition) is 0. The highest BCUT2D eigenvalue weighted by molar-refractivity contribution is 5.68. The molecule has 1 heterocycles. The second-order valence-corrected chi connectivity index (χ2v) is 6.66. The van der Waals surface area contributed by atoms with Gasteiger partial charge in [-0.3, -0.25) is 0 Å². The van der Waals surface area contributed by atoms with Gasteiger partial charge in [0.1, 0.15) is 5.60 Å². The zero-order chi connectivity index (χ0) is 15.7. The van der Waals surface area contributed by atoms with Gasteiger partial charge in [0.05, 0.1) is 6.61 Å². The van der Waals surface area contributed by atoms with Crippen LogP contribution in [0.4, 0.5) is 4.79 Å². The van der Waals surface area contributed by atoms with Crippen molar-refractivity contribution in [3.63, 3.8) is 0 Å². The summed E-state index contributed by atoms with van der Waals surface area (Å²) in [6.45, 7) is 11.0. The first-order valence-electron chi connectivity index (χ1n) is 8.14. The van der Waals surface area contributed by atoms with Gasteiger partial charge in [-0.05, 0) is 46.0 Å². The van der Waals surface area contributed by atoms with Crippen LogP contribution in [-0.2, 0) is 9.47 Å². The maximum atomic E-state index is 11.9. The quantitative estimate of drug-likeness (QED) is 0.549. The van der Waals surface area contributed by atoms with Crippen LogP contribution in [0.1, 0.15) is 53.4 Å². The number of hydrogen-bond acceptors (Lipinski definition) is 3. The molecule has 0 N–H and O–H groups in total. The summed E-state index contributed by atoms with van der Waals surface area (Å²) in [5, 5.41) is 0. The highest BCUT2D eigenvalue weighted by atomic mass is 16.6. The van der Waals surface area contributed by atoms with Gasteiger partial charge in [-0.1, -0.05) is 25.5 Å². The van der Waals surface area contributed by atoms with E-state index in [9.17, 15) is 4.79 Å². The largest absolute Gasteiger partial charge is 0.444 e. The lowest BCUT2D eigenvalue weighted by Gasteiger charge is -2.32. The predicted octanol–water partition coefficient (Wildman–Crippen LogP) is 4.01. The number of likely N-dealkylation sites (tertiary alicyclic amines) is 1. The molecule has 1 rings (SSSR count). The smallest absolute Gasteiger partial charge is 0.410 e. The van der Waals surface area contributed by atoms with Gasteiger partial charge in [-0.2, -0.15) is 0 Å². The summed E-state index contributed by atoms with van der Waals surface area (Å²) in [6, 6.07) is 0. The molecule has 0 atom stereocenters. The summed E-state index contributed by atoms with van der Waals surface area (Å²) < 4.78 is 10.9. The van der Waals surface area contributed by atoms with Gasteiger partial charge in [-0.15, -0.1) is 0 Å². The molecule has 122 valence electrons. The SMILES string of the molecule is CCCCOC/C=C/C1CCN(C(=O)OC(C)(C)C)CC1. The first-order valence-corrected chi connectivity index (χ1v) is 8.14. The summed E-state index contributed by atoms with van der Waals surface area (Å²) in [5.41, 5.74) is -0.413. The lowest BCUT2D eigenvalue weighted by molar-refractivity contribution is 0.0197. The number of piperidine rings is 1. The Bertz CT molecular complexity index is 325. The highest BCUT2D eigenvalue weighted by Gasteiger charge is 2.25. The summed E-state index contributed by atoms with van der Waals surface area (Å²) in [6.07, 6.45) is 8.47. The van der Waals surface area contributed by atoms with Gasteiger partial charge in [0.15, 0.2) is 0 Å². The Hall–Kier alpha value is -1.03. The minimum atomic E-state index is -0.413. The summed E-state index contributed by atoms with van der Waals surface area (Å²) >= 11 is 0. The molecule has 0 aromatic rings. The van der Waals surface area contributed by atoms with Crippen LogP contribution in [0.5, 0.6) is 0 Å². The molecule has 0 unspecified atom stereocenters. The van der Waals surface area contributed by atoms with Crippen LogP contribution in [0.3, 0.4) is 0 Å². The first-order chi connectivity index (χ1) is 9.92. The summed E-state index contributed by atoms with van der Waals surface area (Å²) in [4.78, 5) is 13.8. The second kappa shape index (κ2) is 9.08. The molecule has 1 aliphatic rings. The fraction of sp³-hybridized carbons (Fsp3) is 0.824. The molecular formula is C17H31NO3. The number of nitrogens with zero attached hydrogens (tertiary/aromatic N) is 1. The van der Waals surface area contributed by atoms with Crippen LogP contribution >= 0.6 is 0 Å². The van der Waals surface area contributed by atoms with E-state index in [-0.39, 0.29) is 6.09 Å². The molecule has 0 aromatic heterocycles.